The molecule has 20 heavy (non-hydrogen) atoms. The summed E-state index contributed by atoms with van der Waals surface area (Å²) in [6.07, 6.45) is 2.46. The van der Waals surface area contributed by atoms with E-state index in [-0.39, 0.29) is 5.82 Å². The minimum Gasteiger partial charge on any atom is -0.312 e. The van der Waals surface area contributed by atoms with Crippen molar-refractivity contribution in [2.45, 2.75) is 32.2 Å². The van der Waals surface area contributed by atoms with Gasteiger partial charge >= 0.3 is 0 Å². The highest BCUT2D eigenvalue weighted by Gasteiger charge is 2.29. The Bertz CT molecular complexity index is 602. The van der Waals surface area contributed by atoms with E-state index < -0.39 is 0 Å². The minimum absolute atomic E-state index is 0.231. The quantitative estimate of drug-likeness (QED) is 0.841. The van der Waals surface area contributed by atoms with Crippen molar-refractivity contribution in [1.82, 2.24) is 10.3 Å². The molecule has 1 aromatic carbocycles. The molecule has 1 N–H and O–H groups in total. The summed E-state index contributed by atoms with van der Waals surface area (Å²) in [7, 11) is 0. The van der Waals surface area contributed by atoms with Crippen LogP contribution in [-0.4, -0.2) is 11.5 Å². The first-order valence-electron chi connectivity index (χ1n) is 6.84. The Balaban J connectivity index is 1.96. The third-order valence-corrected chi connectivity index (χ3v) is 4.91. The van der Waals surface area contributed by atoms with Gasteiger partial charge in [0.2, 0.25) is 0 Å². The van der Waals surface area contributed by atoms with Crippen LogP contribution < -0.4 is 5.32 Å². The molecule has 3 rings (SSSR count). The van der Waals surface area contributed by atoms with Crippen LogP contribution in [0.1, 0.15) is 36.3 Å². The molecule has 0 radical (unpaired) electrons. The molecule has 1 aliphatic rings. The van der Waals surface area contributed by atoms with Crippen molar-refractivity contribution in [3.8, 4) is 10.6 Å². The van der Waals surface area contributed by atoms with Gasteiger partial charge in [-0.1, -0.05) is 22.9 Å². The topological polar surface area (TPSA) is 24.9 Å². The number of aromatic nitrogens is 1. The van der Waals surface area contributed by atoms with Crippen LogP contribution >= 0.6 is 27.3 Å². The first-order valence-corrected chi connectivity index (χ1v) is 8.45. The molecule has 1 fully saturated rings. The molecule has 106 valence electrons. The largest absolute Gasteiger partial charge is 0.312 e. The van der Waals surface area contributed by atoms with E-state index in [2.05, 4.69) is 28.2 Å². The van der Waals surface area contributed by atoms with Crippen LogP contribution in [0.2, 0.25) is 0 Å². The van der Waals surface area contributed by atoms with Gasteiger partial charge in [-0.3, -0.25) is 0 Å². The Morgan fingerprint density at radius 2 is 2.20 bits per heavy atom. The Morgan fingerprint density at radius 1 is 1.40 bits per heavy atom. The number of hydrogen-bond donors (Lipinski definition) is 1. The summed E-state index contributed by atoms with van der Waals surface area (Å²) >= 11 is 5.02. The standard InChI is InChI=1S/C15H16BrFN2S/c1-2-18-8-13-14(9-3-4-9)19-15(20-13)10-5-11(16)7-12(17)6-10/h5-7,9,18H,2-4,8H2,1H3. The molecular weight excluding hydrogens is 339 g/mol. The zero-order chi connectivity index (χ0) is 14.1. The van der Waals surface area contributed by atoms with Crippen molar-refractivity contribution < 1.29 is 4.39 Å². The zero-order valence-electron chi connectivity index (χ0n) is 11.2. The van der Waals surface area contributed by atoms with Crippen LogP contribution in [0.15, 0.2) is 22.7 Å². The summed E-state index contributed by atoms with van der Waals surface area (Å²) in [5.74, 6) is 0.386. The van der Waals surface area contributed by atoms with Crippen LogP contribution in [0.4, 0.5) is 4.39 Å². The fourth-order valence-corrected chi connectivity index (χ4v) is 3.77. The molecule has 1 saturated carbocycles. The van der Waals surface area contributed by atoms with Crippen molar-refractivity contribution in [2.24, 2.45) is 0 Å². The van der Waals surface area contributed by atoms with Crippen LogP contribution in [-0.2, 0) is 6.54 Å². The number of nitrogens with zero attached hydrogens (tertiary/aromatic N) is 1. The van der Waals surface area contributed by atoms with Crippen LogP contribution in [0.3, 0.4) is 0 Å². The van der Waals surface area contributed by atoms with E-state index in [1.54, 1.807) is 17.4 Å². The number of thiazole rings is 1. The molecule has 0 amide bonds. The maximum atomic E-state index is 13.5. The number of hydrogen-bond acceptors (Lipinski definition) is 3. The van der Waals surface area contributed by atoms with Gasteiger partial charge in [0, 0.05) is 27.4 Å². The monoisotopic (exact) mass is 354 g/mol. The molecule has 5 heteroatoms. The predicted octanol–water partition coefficient (Wildman–Crippen LogP) is 4.70. The zero-order valence-corrected chi connectivity index (χ0v) is 13.7. The average molecular weight is 355 g/mol. The maximum absolute atomic E-state index is 13.5. The number of benzene rings is 1. The summed E-state index contributed by atoms with van der Waals surface area (Å²) < 4.78 is 14.3. The van der Waals surface area contributed by atoms with Crippen molar-refractivity contribution in [1.29, 1.82) is 0 Å². The lowest BCUT2D eigenvalue weighted by molar-refractivity contribution is 0.627. The highest BCUT2D eigenvalue weighted by atomic mass is 79.9. The highest BCUT2D eigenvalue weighted by molar-refractivity contribution is 9.10. The van der Waals surface area contributed by atoms with E-state index in [1.165, 1.54) is 29.5 Å². The van der Waals surface area contributed by atoms with Gasteiger partial charge in [-0.25, -0.2) is 9.37 Å². The van der Waals surface area contributed by atoms with E-state index in [4.69, 9.17) is 4.98 Å². The molecule has 2 aromatic rings. The van der Waals surface area contributed by atoms with E-state index in [1.807, 2.05) is 6.07 Å². The SMILES string of the molecule is CCNCc1sc(-c2cc(F)cc(Br)c2)nc1C1CC1. The molecule has 0 bridgehead atoms. The van der Waals surface area contributed by atoms with E-state index in [9.17, 15) is 4.39 Å². The van der Waals surface area contributed by atoms with Crippen molar-refractivity contribution in [3.05, 3.63) is 39.1 Å². The molecule has 1 heterocycles. The second-order valence-electron chi connectivity index (χ2n) is 5.04. The normalized spacial score (nSPS) is 14.8. The molecule has 1 aromatic heterocycles. The summed E-state index contributed by atoms with van der Waals surface area (Å²) in [6, 6.07) is 4.95. The lowest BCUT2D eigenvalue weighted by Crippen LogP contribution is -2.11. The van der Waals surface area contributed by atoms with Crippen molar-refractivity contribution in [3.63, 3.8) is 0 Å². The fourth-order valence-electron chi connectivity index (χ4n) is 2.21. The highest BCUT2D eigenvalue weighted by Crippen LogP contribution is 2.44. The molecular formula is C15H16BrFN2S. The fraction of sp³-hybridized carbons (Fsp3) is 0.400. The minimum atomic E-state index is -0.231. The van der Waals surface area contributed by atoms with Crippen molar-refractivity contribution in [2.75, 3.05) is 6.54 Å². The molecule has 0 aliphatic heterocycles. The molecule has 1 aliphatic carbocycles. The molecule has 2 nitrogen and oxygen atoms in total. The summed E-state index contributed by atoms with van der Waals surface area (Å²) in [6.45, 7) is 3.90. The molecule has 0 atom stereocenters. The Labute approximate surface area is 130 Å². The third-order valence-electron chi connectivity index (χ3n) is 3.34. The average Bonchev–Trinajstić information content (AvgIpc) is 3.15. The first-order chi connectivity index (χ1) is 9.67. The predicted molar refractivity (Wildman–Crippen MR) is 84.6 cm³/mol. The Morgan fingerprint density at radius 3 is 2.85 bits per heavy atom. The van der Waals surface area contributed by atoms with Crippen LogP contribution in [0.5, 0.6) is 0 Å². The van der Waals surface area contributed by atoms with E-state index in [0.717, 1.165) is 28.1 Å². The molecule has 0 spiro atoms. The number of halogens is 2. The van der Waals surface area contributed by atoms with Gasteiger partial charge in [-0.05, 0) is 37.6 Å². The van der Waals surface area contributed by atoms with Gasteiger partial charge in [-0.15, -0.1) is 11.3 Å². The van der Waals surface area contributed by atoms with Gasteiger partial charge in [0.15, 0.2) is 0 Å². The van der Waals surface area contributed by atoms with Gasteiger partial charge in [0.05, 0.1) is 5.69 Å². The van der Waals surface area contributed by atoms with Gasteiger partial charge in [-0.2, -0.15) is 0 Å². The third kappa shape index (κ3) is 3.10. The van der Waals surface area contributed by atoms with E-state index in [0.29, 0.717) is 5.92 Å². The summed E-state index contributed by atoms with van der Waals surface area (Å²) in [5.41, 5.74) is 2.07. The Kier molecular flexibility index (Phi) is 4.19. The van der Waals surface area contributed by atoms with Crippen LogP contribution in [0.25, 0.3) is 10.6 Å². The lowest BCUT2D eigenvalue weighted by Gasteiger charge is -2.00. The van der Waals surface area contributed by atoms with Crippen LogP contribution in [0, 0.1) is 5.82 Å². The first kappa shape index (κ1) is 14.2. The number of nitrogens with one attached hydrogen (secondary N) is 1. The smallest absolute Gasteiger partial charge is 0.125 e. The lowest BCUT2D eigenvalue weighted by atomic mass is 10.2. The van der Waals surface area contributed by atoms with Gasteiger partial charge in [0.25, 0.3) is 0 Å². The second kappa shape index (κ2) is 5.92. The van der Waals surface area contributed by atoms with Gasteiger partial charge < -0.3 is 5.32 Å². The Hall–Kier alpha value is -0.780. The maximum Gasteiger partial charge on any atom is 0.125 e. The van der Waals surface area contributed by atoms with Crippen molar-refractivity contribution >= 4 is 27.3 Å². The van der Waals surface area contributed by atoms with E-state index >= 15 is 0 Å². The summed E-state index contributed by atoms with van der Waals surface area (Å²) in [5, 5.41) is 4.28. The molecule has 0 unspecified atom stereocenters. The second-order valence-corrected chi connectivity index (χ2v) is 7.04. The number of rotatable bonds is 5. The van der Waals surface area contributed by atoms with Gasteiger partial charge in [0.1, 0.15) is 10.8 Å². The molecule has 0 saturated heterocycles. The summed E-state index contributed by atoms with van der Waals surface area (Å²) in [4.78, 5) is 6.06.